The molecule has 5 nitrogen and oxygen atoms in total. The van der Waals surface area contributed by atoms with E-state index in [1.54, 1.807) is 4.57 Å². The molecule has 0 aliphatic heterocycles. The van der Waals surface area contributed by atoms with Crippen LogP contribution in [-0.4, -0.2) is 25.8 Å². The molecule has 1 atom stereocenters. The van der Waals surface area contributed by atoms with Crippen LogP contribution in [0.15, 0.2) is 9.95 Å². The zero-order valence-corrected chi connectivity index (χ0v) is 10.0. The molecule has 1 N–H and O–H groups in total. The maximum absolute atomic E-state index is 11.7. The van der Waals surface area contributed by atoms with Crippen molar-refractivity contribution in [3.8, 4) is 0 Å². The maximum Gasteiger partial charge on any atom is 0.343 e. The Bertz CT molecular complexity index is 438. The van der Waals surface area contributed by atoms with Crippen LogP contribution in [0.25, 0.3) is 0 Å². The Morgan fingerprint density at radius 3 is 3.00 bits per heavy atom. The van der Waals surface area contributed by atoms with Crippen molar-refractivity contribution in [1.82, 2.24) is 14.8 Å². The van der Waals surface area contributed by atoms with E-state index in [1.807, 2.05) is 6.92 Å². The fraction of sp³-hybridized carbons (Fsp3) is 0.700. The number of Topliss-reactive ketones (excluding diaryl/α,β-unsaturated/α-hetero) is 1. The summed E-state index contributed by atoms with van der Waals surface area (Å²) in [5.74, 6) is 0.286. The Labute approximate surface area is 97.6 Å². The van der Waals surface area contributed by atoms with Crippen molar-refractivity contribution in [2.24, 2.45) is 0 Å². The van der Waals surface area contributed by atoms with Gasteiger partial charge in [0, 0.05) is 13.0 Å². The molecule has 1 aliphatic rings. The van der Waals surface area contributed by atoms with Gasteiger partial charge in [-0.15, -0.1) is 5.10 Å². The third-order valence-corrected chi connectivity index (χ3v) is 4.09. The predicted molar refractivity (Wildman–Crippen MR) is 61.6 cm³/mol. The molecule has 1 aliphatic carbocycles. The summed E-state index contributed by atoms with van der Waals surface area (Å²) in [6.07, 6.45) is 3.65. The molecule has 0 amide bonds. The monoisotopic (exact) mass is 241 g/mol. The van der Waals surface area contributed by atoms with E-state index in [2.05, 4.69) is 10.2 Å². The lowest BCUT2D eigenvalue weighted by molar-refractivity contribution is -0.119. The third-order valence-electron chi connectivity index (χ3n) is 2.79. The molecule has 0 radical (unpaired) electrons. The summed E-state index contributed by atoms with van der Waals surface area (Å²) < 4.78 is 1.56. The first-order valence-electron chi connectivity index (χ1n) is 5.57. The Balaban J connectivity index is 2.13. The smallest absolute Gasteiger partial charge is 0.298 e. The highest BCUT2D eigenvalue weighted by Gasteiger charge is 2.25. The van der Waals surface area contributed by atoms with E-state index < -0.39 is 0 Å². The van der Waals surface area contributed by atoms with Gasteiger partial charge < -0.3 is 0 Å². The van der Waals surface area contributed by atoms with Gasteiger partial charge in [-0.25, -0.2) is 9.89 Å². The number of ketones is 1. The Kier molecular flexibility index (Phi) is 3.48. The van der Waals surface area contributed by atoms with Crippen LogP contribution < -0.4 is 5.69 Å². The standard InChI is InChI=1S/C10H15N3O2S/c1-2-13-9(15)11-12-10(13)16-8-6-4-3-5-7(8)14/h8H,2-6H2,1H3,(H,11,15). The number of carbonyl (C=O) groups is 1. The number of aromatic nitrogens is 3. The maximum atomic E-state index is 11.7. The molecule has 1 aromatic heterocycles. The minimum Gasteiger partial charge on any atom is -0.298 e. The Morgan fingerprint density at radius 2 is 2.31 bits per heavy atom. The fourth-order valence-electron chi connectivity index (χ4n) is 1.87. The van der Waals surface area contributed by atoms with Crippen LogP contribution in [0.4, 0.5) is 0 Å². The summed E-state index contributed by atoms with van der Waals surface area (Å²) in [6.45, 7) is 2.47. The van der Waals surface area contributed by atoms with Gasteiger partial charge in [0.05, 0.1) is 5.25 Å². The fourth-order valence-corrected chi connectivity index (χ4v) is 3.10. The first kappa shape index (κ1) is 11.4. The average Bonchev–Trinajstić information content (AvgIpc) is 2.63. The van der Waals surface area contributed by atoms with Gasteiger partial charge in [0.2, 0.25) is 0 Å². The van der Waals surface area contributed by atoms with Crippen LogP contribution in [0.5, 0.6) is 0 Å². The topological polar surface area (TPSA) is 67.8 Å². The lowest BCUT2D eigenvalue weighted by Crippen LogP contribution is -2.23. The van der Waals surface area contributed by atoms with Crippen LogP contribution in [0.3, 0.4) is 0 Å². The van der Waals surface area contributed by atoms with Crippen LogP contribution in [-0.2, 0) is 11.3 Å². The van der Waals surface area contributed by atoms with Crippen molar-refractivity contribution in [3.05, 3.63) is 10.5 Å². The van der Waals surface area contributed by atoms with Crippen molar-refractivity contribution in [2.45, 2.75) is 49.6 Å². The minimum absolute atomic E-state index is 0.0192. The van der Waals surface area contributed by atoms with Gasteiger partial charge in [-0.05, 0) is 19.8 Å². The SMILES string of the molecule is CCn1c(SC2CCCCC2=O)n[nH]c1=O. The molecule has 0 saturated heterocycles. The number of thioether (sulfide) groups is 1. The van der Waals surface area contributed by atoms with Crippen molar-refractivity contribution < 1.29 is 4.79 Å². The van der Waals surface area contributed by atoms with Crippen molar-refractivity contribution in [2.75, 3.05) is 0 Å². The Hall–Kier alpha value is -1.04. The second kappa shape index (κ2) is 4.86. The minimum atomic E-state index is -0.201. The van der Waals surface area contributed by atoms with Crippen molar-refractivity contribution in [1.29, 1.82) is 0 Å². The van der Waals surface area contributed by atoms with Gasteiger partial charge in [0.15, 0.2) is 5.16 Å². The highest BCUT2D eigenvalue weighted by atomic mass is 32.2. The molecule has 1 heterocycles. The van der Waals surface area contributed by atoms with E-state index in [0.717, 1.165) is 19.3 Å². The van der Waals surface area contributed by atoms with E-state index in [1.165, 1.54) is 11.8 Å². The van der Waals surface area contributed by atoms with Crippen molar-refractivity contribution >= 4 is 17.5 Å². The van der Waals surface area contributed by atoms with Gasteiger partial charge in [0.1, 0.15) is 5.78 Å². The van der Waals surface area contributed by atoms with E-state index in [4.69, 9.17) is 0 Å². The summed E-state index contributed by atoms with van der Waals surface area (Å²) in [5, 5.41) is 6.98. The molecule has 0 aromatic carbocycles. The van der Waals surface area contributed by atoms with Gasteiger partial charge in [-0.1, -0.05) is 18.2 Å². The third kappa shape index (κ3) is 2.21. The highest BCUT2D eigenvalue weighted by molar-refractivity contribution is 8.00. The van der Waals surface area contributed by atoms with E-state index >= 15 is 0 Å². The molecule has 1 unspecified atom stereocenters. The lowest BCUT2D eigenvalue weighted by atomic mass is 9.99. The number of nitrogens with one attached hydrogen (secondary N) is 1. The van der Waals surface area contributed by atoms with Gasteiger partial charge in [-0.3, -0.25) is 9.36 Å². The van der Waals surface area contributed by atoms with Crippen LogP contribution >= 0.6 is 11.8 Å². The highest BCUT2D eigenvalue weighted by Crippen LogP contribution is 2.29. The summed E-state index contributed by atoms with van der Waals surface area (Å²) in [6, 6.07) is 0. The first-order valence-corrected chi connectivity index (χ1v) is 6.45. The lowest BCUT2D eigenvalue weighted by Gasteiger charge is -2.18. The predicted octanol–water partition coefficient (Wildman–Crippen LogP) is 1.20. The Morgan fingerprint density at radius 1 is 1.50 bits per heavy atom. The number of hydrogen-bond acceptors (Lipinski definition) is 4. The number of carbonyl (C=O) groups excluding carboxylic acids is 1. The van der Waals surface area contributed by atoms with Gasteiger partial charge >= 0.3 is 5.69 Å². The normalized spacial score (nSPS) is 21.3. The largest absolute Gasteiger partial charge is 0.343 e. The second-order valence-corrected chi connectivity index (χ2v) is 5.04. The van der Waals surface area contributed by atoms with Crippen LogP contribution in [0.1, 0.15) is 32.6 Å². The number of rotatable bonds is 3. The van der Waals surface area contributed by atoms with Gasteiger partial charge in [-0.2, -0.15) is 0 Å². The number of nitrogens with zero attached hydrogens (tertiary/aromatic N) is 2. The van der Waals surface area contributed by atoms with E-state index in [9.17, 15) is 9.59 Å². The van der Waals surface area contributed by atoms with Crippen LogP contribution in [0.2, 0.25) is 0 Å². The van der Waals surface area contributed by atoms with E-state index in [0.29, 0.717) is 18.1 Å². The van der Waals surface area contributed by atoms with Crippen molar-refractivity contribution in [3.63, 3.8) is 0 Å². The zero-order valence-electron chi connectivity index (χ0n) is 9.23. The summed E-state index contributed by atoms with van der Waals surface area (Å²) in [4.78, 5) is 23.0. The molecule has 1 aromatic rings. The first-order chi connectivity index (χ1) is 7.72. The molecule has 88 valence electrons. The second-order valence-electron chi connectivity index (χ2n) is 3.87. The summed E-state index contributed by atoms with van der Waals surface area (Å²) >= 11 is 1.42. The average molecular weight is 241 g/mol. The molecule has 6 heteroatoms. The molecule has 1 saturated carbocycles. The molecule has 2 rings (SSSR count). The zero-order chi connectivity index (χ0) is 11.5. The van der Waals surface area contributed by atoms with Crippen LogP contribution in [0, 0.1) is 0 Å². The number of H-pyrrole nitrogens is 1. The summed E-state index contributed by atoms with van der Waals surface area (Å²) in [7, 11) is 0. The summed E-state index contributed by atoms with van der Waals surface area (Å²) in [5.41, 5.74) is -0.201. The number of aromatic amines is 1. The quantitative estimate of drug-likeness (QED) is 0.863. The molecular formula is C10H15N3O2S. The van der Waals surface area contributed by atoms with E-state index in [-0.39, 0.29) is 16.7 Å². The number of hydrogen-bond donors (Lipinski definition) is 1. The molecular weight excluding hydrogens is 226 g/mol. The molecule has 0 bridgehead atoms. The van der Waals surface area contributed by atoms with Gasteiger partial charge in [0.25, 0.3) is 0 Å². The molecule has 0 spiro atoms. The molecule has 16 heavy (non-hydrogen) atoms. The molecule has 1 fully saturated rings.